The van der Waals surface area contributed by atoms with E-state index in [4.69, 9.17) is 5.11 Å². The third kappa shape index (κ3) is 2.84. The molecule has 1 atom stereocenters. The molecule has 0 aliphatic rings. The number of aliphatic hydroxyl groups excluding tert-OH is 1. The Hall–Kier alpha value is -2.09. The Morgan fingerprint density at radius 3 is 2.58 bits per heavy atom. The minimum Gasteiger partial charge on any atom is -0.394 e. The van der Waals surface area contributed by atoms with Crippen LogP contribution in [0.5, 0.6) is 0 Å². The fraction of sp³-hybridized carbons (Fsp3) is 0.364. The van der Waals surface area contributed by atoms with Gasteiger partial charge in [0, 0.05) is 13.1 Å². The second-order valence-electron chi connectivity index (χ2n) is 3.96. The lowest BCUT2D eigenvalue weighted by Gasteiger charge is -2.23. The van der Waals surface area contributed by atoms with Crippen LogP contribution in [0.4, 0.5) is 14.5 Å². The second-order valence-corrected chi connectivity index (χ2v) is 3.96. The van der Waals surface area contributed by atoms with E-state index < -0.39 is 46.4 Å². The van der Waals surface area contributed by atoms with E-state index in [0.29, 0.717) is 12.1 Å². The quantitative estimate of drug-likeness (QED) is 0.663. The molecule has 0 saturated heterocycles. The van der Waals surface area contributed by atoms with Crippen molar-refractivity contribution >= 4 is 11.6 Å². The molecule has 1 amide bonds. The van der Waals surface area contributed by atoms with Gasteiger partial charge in [0.1, 0.15) is 11.4 Å². The molecule has 1 N–H and O–H groups in total. The Morgan fingerprint density at radius 1 is 1.53 bits per heavy atom. The highest BCUT2D eigenvalue weighted by molar-refractivity contribution is 5.95. The minimum absolute atomic E-state index is 0.402. The number of hydrogen-bond donors (Lipinski definition) is 1. The van der Waals surface area contributed by atoms with Gasteiger partial charge in [0.2, 0.25) is 5.82 Å². The summed E-state index contributed by atoms with van der Waals surface area (Å²) >= 11 is 0. The summed E-state index contributed by atoms with van der Waals surface area (Å²) in [6.45, 7) is 1.06. The van der Waals surface area contributed by atoms with Gasteiger partial charge in [-0.05, 0) is 13.0 Å². The zero-order valence-corrected chi connectivity index (χ0v) is 10.3. The Balaban J connectivity index is 3.30. The molecule has 0 aromatic heterocycles. The van der Waals surface area contributed by atoms with Crippen LogP contribution in [0.1, 0.15) is 17.3 Å². The number of rotatable bonds is 4. The highest BCUT2D eigenvalue weighted by Crippen LogP contribution is 2.24. The molecule has 104 valence electrons. The van der Waals surface area contributed by atoms with Crippen molar-refractivity contribution in [2.75, 3.05) is 13.7 Å². The van der Waals surface area contributed by atoms with E-state index in [1.807, 2.05) is 0 Å². The minimum atomic E-state index is -1.52. The number of aliphatic hydroxyl groups is 1. The number of nitro groups is 1. The van der Waals surface area contributed by atoms with Crippen molar-refractivity contribution in [2.24, 2.45) is 0 Å². The summed E-state index contributed by atoms with van der Waals surface area (Å²) in [4.78, 5) is 22.3. The normalized spacial score (nSPS) is 12.1. The van der Waals surface area contributed by atoms with E-state index in [1.54, 1.807) is 0 Å². The zero-order chi connectivity index (χ0) is 14.7. The van der Waals surface area contributed by atoms with Gasteiger partial charge in [-0.3, -0.25) is 14.9 Å². The van der Waals surface area contributed by atoms with Gasteiger partial charge in [-0.25, -0.2) is 4.39 Å². The molecule has 1 aromatic rings. The zero-order valence-electron chi connectivity index (χ0n) is 10.3. The first-order valence-electron chi connectivity index (χ1n) is 5.31. The SMILES string of the molecule is CC(CO)N(C)C(=O)c1c(F)ccc([N+](=O)[O-])c1F. The molecule has 0 aliphatic carbocycles. The van der Waals surface area contributed by atoms with E-state index in [2.05, 4.69) is 0 Å². The van der Waals surface area contributed by atoms with Crippen LogP contribution in [0, 0.1) is 21.7 Å². The molecule has 1 unspecified atom stereocenters. The van der Waals surface area contributed by atoms with Crippen LogP contribution < -0.4 is 0 Å². The first-order chi connectivity index (χ1) is 8.81. The van der Waals surface area contributed by atoms with Gasteiger partial charge in [-0.1, -0.05) is 0 Å². The summed E-state index contributed by atoms with van der Waals surface area (Å²) in [6.07, 6.45) is 0. The van der Waals surface area contributed by atoms with Gasteiger partial charge < -0.3 is 10.0 Å². The summed E-state index contributed by atoms with van der Waals surface area (Å²) in [6, 6.07) is 0.633. The lowest BCUT2D eigenvalue weighted by molar-refractivity contribution is -0.387. The van der Waals surface area contributed by atoms with Crippen LogP contribution >= 0.6 is 0 Å². The molecule has 0 spiro atoms. The molecule has 0 bridgehead atoms. The highest BCUT2D eigenvalue weighted by Gasteiger charge is 2.29. The number of likely N-dealkylation sites (N-methyl/N-ethyl adjacent to an activating group) is 1. The largest absolute Gasteiger partial charge is 0.394 e. The summed E-state index contributed by atoms with van der Waals surface area (Å²) in [5.41, 5.74) is -1.98. The lowest BCUT2D eigenvalue weighted by Crippen LogP contribution is -2.38. The first kappa shape index (κ1) is 15.0. The lowest BCUT2D eigenvalue weighted by atomic mass is 10.1. The number of carbonyl (C=O) groups is 1. The predicted molar refractivity (Wildman–Crippen MR) is 61.7 cm³/mol. The van der Waals surface area contributed by atoms with Crippen LogP contribution in [0.2, 0.25) is 0 Å². The average molecular weight is 274 g/mol. The summed E-state index contributed by atoms with van der Waals surface area (Å²) in [7, 11) is 1.24. The fourth-order valence-electron chi connectivity index (χ4n) is 1.38. The number of nitro benzene ring substituents is 1. The summed E-state index contributed by atoms with van der Waals surface area (Å²) in [5, 5.41) is 19.4. The maximum atomic E-state index is 13.8. The van der Waals surface area contributed by atoms with Crippen molar-refractivity contribution in [1.29, 1.82) is 0 Å². The van der Waals surface area contributed by atoms with Gasteiger partial charge in [0.05, 0.1) is 17.6 Å². The number of benzene rings is 1. The van der Waals surface area contributed by atoms with Crippen LogP contribution in [0.25, 0.3) is 0 Å². The second kappa shape index (κ2) is 5.70. The van der Waals surface area contributed by atoms with E-state index >= 15 is 0 Å². The van der Waals surface area contributed by atoms with Crippen molar-refractivity contribution in [2.45, 2.75) is 13.0 Å². The van der Waals surface area contributed by atoms with Crippen molar-refractivity contribution in [1.82, 2.24) is 4.90 Å². The number of nitrogens with zero attached hydrogens (tertiary/aromatic N) is 2. The van der Waals surface area contributed by atoms with Gasteiger partial charge in [-0.15, -0.1) is 0 Å². The van der Waals surface area contributed by atoms with Crippen LogP contribution in [-0.2, 0) is 0 Å². The maximum absolute atomic E-state index is 13.8. The Kier molecular flexibility index (Phi) is 4.49. The van der Waals surface area contributed by atoms with E-state index in [-0.39, 0.29) is 0 Å². The van der Waals surface area contributed by atoms with Gasteiger partial charge in [0.15, 0.2) is 0 Å². The summed E-state index contributed by atoms with van der Waals surface area (Å²) < 4.78 is 27.3. The fourth-order valence-corrected chi connectivity index (χ4v) is 1.38. The Labute approximate surface area is 107 Å². The molecular formula is C11H12F2N2O4. The molecular weight excluding hydrogens is 262 g/mol. The topological polar surface area (TPSA) is 83.7 Å². The molecule has 0 fully saturated rings. The molecule has 8 heteroatoms. The molecule has 0 aliphatic heterocycles. The average Bonchev–Trinajstić information content (AvgIpc) is 2.36. The van der Waals surface area contributed by atoms with Gasteiger partial charge in [-0.2, -0.15) is 4.39 Å². The molecule has 0 radical (unpaired) electrons. The molecule has 19 heavy (non-hydrogen) atoms. The van der Waals surface area contributed by atoms with Crippen molar-refractivity contribution in [3.05, 3.63) is 39.4 Å². The molecule has 0 saturated carbocycles. The monoisotopic (exact) mass is 274 g/mol. The highest BCUT2D eigenvalue weighted by atomic mass is 19.1. The van der Waals surface area contributed by atoms with Crippen molar-refractivity contribution in [3.63, 3.8) is 0 Å². The predicted octanol–water partition coefficient (Wildman–Crippen LogP) is 1.33. The molecule has 6 nitrogen and oxygen atoms in total. The third-order valence-corrected chi connectivity index (χ3v) is 2.73. The molecule has 1 aromatic carbocycles. The number of halogens is 2. The maximum Gasteiger partial charge on any atom is 0.305 e. The third-order valence-electron chi connectivity index (χ3n) is 2.73. The van der Waals surface area contributed by atoms with Crippen LogP contribution in [0.15, 0.2) is 12.1 Å². The molecule has 1 rings (SSSR count). The van der Waals surface area contributed by atoms with Crippen LogP contribution in [-0.4, -0.2) is 40.5 Å². The number of hydrogen-bond acceptors (Lipinski definition) is 4. The number of amides is 1. The van der Waals surface area contributed by atoms with Crippen molar-refractivity contribution in [3.8, 4) is 0 Å². The van der Waals surface area contributed by atoms with E-state index in [9.17, 15) is 23.7 Å². The van der Waals surface area contributed by atoms with E-state index in [1.165, 1.54) is 14.0 Å². The summed E-state index contributed by atoms with van der Waals surface area (Å²) in [5.74, 6) is -3.78. The van der Waals surface area contributed by atoms with E-state index in [0.717, 1.165) is 4.90 Å². The van der Waals surface area contributed by atoms with Crippen molar-refractivity contribution < 1.29 is 23.6 Å². The molecule has 0 heterocycles. The Morgan fingerprint density at radius 2 is 2.11 bits per heavy atom. The van der Waals surface area contributed by atoms with Crippen LogP contribution in [0.3, 0.4) is 0 Å². The van der Waals surface area contributed by atoms with Gasteiger partial charge in [0.25, 0.3) is 5.91 Å². The van der Waals surface area contributed by atoms with Gasteiger partial charge >= 0.3 is 5.69 Å². The number of carbonyl (C=O) groups excluding carboxylic acids is 1. The standard InChI is InChI=1S/C11H12F2N2O4/c1-6(5-16)14(2)11(17)9-7(12)3-4-8(10(9)13)15(18)19/h3-4,6,16H,5H2,1-2H3. The first-order valence-corrected chi connectivity index (χ1v) is 5.31. The Bertz CT molecular complexity index is 522. The smallest absolute Gasteiger partial charge is 0.305 e.